The number of carbonyl (C=O) groups excluding carboxylic acids is 2. The summed E-state index contributed by atoms with van der Waals surface area (Å²) in [7, 11) is 1.63. The van der Waals surface area contributed by atoms with Gasteiger partial charge in [-0.3, -0.25) is 14.5 Å². The molecule has 1 aromatic heterocycles. The number of rotatable bonds is 5. The van der Waals surface area contributed by atoms with Crippen molar-refractivity contribution in [2.75, 3.05) is 25.5 Å². The normalized spacial score (nSPS) is 17.5. The summed E-state index contributed by atoms with van der Waals surface area (Å²) < 4.78 is 1.76. The maximum atomic E-state index is 12.7. The molecule has 1 saturated heterocycles. The molecule has 2 amide bonds. The Morgan fingerprint density at radius 3 is 2.57 bits per heavy atom. The minimum Gasteiger partial charge on any atom is -0.358 e. The monoisotopic (exact) mass is 383 g/mol. The third kappa shape index (κ3) is 4.42. The average molecular weight is 383 g/mol. The maximum Gasteiger partial charge on any atom is 0.239 e. The van der Waals surface area contributed by atoms with Crippen molar-refractivity contribution in [3.05, 3.63) is 42.1 Å². The smallest absolute Gasteiger partial charge is 0.239 e. The molecule has 3 rings (SSSR count). The number of carbonyl (C=O) groups is 2. The highest BCUT2D eigenvalue weighted by molar-refractivity contribution is 5.92. The van der Waals surface area contributed by atoms with Crippen molar-refractivity contribution in [2.45, 2.75) is 45.1 Å². The van der Waals surface area contributed by atoms with Crippen molar-refractivity contribution in [2.24, 2.45) is 0 Å². The number of para-hydroxylation sites is 1. The fraction of sp³-hybridized carbons (Fsp3) is 0.476. The van der Waals surface area contributed by atoms with Crippen LogP contribution < -0.4 is 10.6 Å². The Morgan fingerprint density at radius 1 is 1.21 bits per heavy atom. The number of anilines is 1. The molecule has 1 aromatic carbocycles. The van der Waals surface area contributed by atoms with E-state index in [-0.39, 0.29) is 29.8 Å². The standard InChI is InChI=1S/C21H29N5O2/c1-21(2,3)17-13-18(26(24-17)15-9-6-5-7-10-15)23-19(27)14-25-12-8-11-16(25)20(28)22-4/h5-7,9-10,13,16H,8,11-12,14H2,1-4H3,(H,22,28)(H,23,27). The van der Waals surface area contributed by atoms with Gasteiger partial charge in [-0.25, -0.2) is 4.68 Å². The number of aromatic nitrogens is 2. The molecule has 1 aliphatic heterocycles. The highest BCUT2D eigenvalue weighted by Gasteiger charge is 2.31. The highest BCUT2D eigenvalue weighted by atomic mass is 16.2. The fourth-order valence-electron chi connectivity index (χ4n) is 3.45. The van der Waals surface area contributed by atoms with Crippen LogP contribution in [-0.4, -0.2) is 52.7 Å². The van der Waals surface area contributed by atoms with E-state index < -0.39 is 0 Å². The van der Waals surface area contributed by atoms with Crippen molar-refractivity contribution < 1.29 is 9.59 Å². The van der Waals surface area contributed by atoms with Gasteiger partial charge in [0.1, 0.15) is 5.82 Å². The number of amides is 2. The number of hydrogen-bond donors (Lipinski definition) is 2. The van der Waals surface area contributed by atoms with E-state index in [4.69, 9.17) is 5.10 Å². The molecular formula is C21H29N5O2. The molecule has 1 atom stereocenters. The summed E-state index contributed by atoms with van der Waals surface area (Å²) in [6.07, 6.45) is 1.70. The van der Waals surface area contributed by atoms with E-state index in [1.54, 1.807) is 11.7 Å². The Kier molecular flexibility index (Phi) is 5.84. The number of nitrogens with zero attached hydrogens (tertiary/aromatic N) is 3. The molecule has 0 saturated carbocycles. The van der Waals surface area contributed by atoms with Gasteiger partial charge in [-0.15, -0.1) is 0 Å². The molecule has 7 heteroatoms. The Morgan fingerprint density at radius 2 is 1.93 bits per heavy atom. The molecule has 2 heterocycles. The maximum absolute atomic E-state index is 12.7. The van der Waals surface area contributed by atoms with Crippen LogP contribution in [0, 0.1) is 0 Å². The van der Waals surface area contributed by atoms with Crippen molar-refractivity contribution in [3.8, 4) is 5.69 Å². The lowest BCUT2D eigenvalue weighted by atomic mass is 9.92. The quantitative estimate of drug-likeness (QED) is 0.831. The highest BCUT2D eigenvalue weighted by Crippen LogP contribution is 2.26. The second kappa shape index (κ2) is 8.14. The summed E-state index contributed by atoms with van der Waals surface area (Å²) >= 11 is 0. The van der Waals surface area contributed by atoms with Gasteiger partial charge in [0.15, 0.2) is 0 Å². The summed E-state index contributed by atoms with van der Waals surface area (Å²) in [5.74, 6) is 0.458. The molecule has 2 aromatic rings. The van der Waals surface area contributed by atoms with E-state index in [2.05, 4.69) is 31.4 Å². The lowest BCUT2D eigenvalue weighted by molar-refractivity contribution is -0.126. The number of nitrogens with one attached hydrogen (secondary N) is 2. The molecular weight excluding hydrogens is 354 g/mol. The zero-order valence-electron chi connectivity index (χ0n) is 17.0. The largest absolute Gasteiger partial charge is 0.358 e. The first-order valence-electron chi connectivity index (χ1n) is 9.71. The van der Waals surface area contributed by atoms with Crippen LogP contribution in [0.15, 0.2) is 36.4 Å². The summed E-state index contributed by atoms with van der Waals surface area (Å²) in [6, 6.07) is 11.4. The van der Waals surface area contributed by atoms with E-state index >= 15 is 0 Å². The third-order valence-electron chi connectivity index (χ3n) is 5.01. The first-order chi connectivity index (χ1) is 13.3. The molecule has 2 N–H and O–H groups in total. The molecule has 1 aliphatic rings. The van der Waals surface area contributed by atoms with Crippen molar-refractivity contribution in [1.82, 2.24) is 20.0 Å². The molecule has 7 nitrogen and oxygen atoms in total. The second-order valence-electron chi connectivity index (χ2n) is 8.20. The van der Waals surface area contributed by atoms with Gasteiger partial charge in [0.05, 0.1) is 24.0 Å². The molecule has 0 spiro atoms. The van der Waals surface area contributed by atoms with Crippen LogP contribution in [-0.2, 0) is 15.0 Å². The Bertz CT molecular complexity index is 838. The van der Waals surface area contributed by atoms with Crippen LogP contribution in [0.25, 0.3) is 5.69 Å². The summed E-state index contributed by atoms with van der Waals surface area (Å²) in [5, 5.41) is 10.4. The van der Waals surface area contributed by atoms with Crippen molar-refractivity contribution in [1.29, 1.82) is 0 Å². The molecule has 0 radical (unpaired) electrons. The van der Waals surface area contributed by atoms with Gasteiger partial charge < -0.3 is 10.6 Å². The van der Waals surface area contributed by atoms with Gasteiger partial charge in [0.25, 0.3) is 0 Å². The number of benzene rings is 1. The lowest BCUT2D eigenvalue weighted by Gasteiger charge is -2.22. The fourth-order valence-corrected chi connectivity index (χ4v) is 3.45. The minimum absolute atomic E-state index is 0.0327. The number of hydrogen-bond acceptors (Lipinski definition) is 4. The molecule has 0 aliphatic carbocycles. The lowest BCUT2D eigenvalue weighted by Crippen LogP contribution is -2.45. The zero-order chi connectivity index (χ0) is 20.3. The van der Waals surface area contributed by atoms with E-state index in [1.165, 1.54) is 0 Å². The van der Waals surface area contributed by atoms with Gasteiger partial charge in [-0.1, -0.05) is 39.0 Å². The van der Waals surface area contributed by atoms with Gasteiger partial charge in [0, 0.05) is 18.5 Å². The Hall–Kier alpha value is -2.67. The number of likely N-dealkylation sites (tertiary alicyclic amines) is 1. The van der Waals surface area contributed by atoms with E-state index in [9.17, 15) is 9.59 Å². The van der Waals surface area contributed by atoms with E-state index in [1.807, 2.05) is 41.3 Å². The second-order valence-corrected chi connectivity index (χ2v) is 8.20. The average Bonchev–Trinajstić information content (AvgIpc) is 3.28. The van der Waals surface area contributed by atoms with Gasteiger partial charge in [-0.05, 0) is 31.5 Å². The zero-order valence-corrected chi connectivity index (χ0v) is 17.0. The third-order valence-corrected chi connectivity index (χ3v) is 5.01. The summed E-state index contributed by atoms with van der Waals surface area (Å²) in [5.41, 5.74) is 1.65. The summed E-state index contributed by atoms with van der Waals surface area (Å²) in [6.45, 7) is 7.21. The SMILES string of the molecule is CNC(=O)C1CCCN1CC(=O)Nc1cc(C(C)(C)C)nn1-c1ccccc1. The van der Waals surface area contributed by atoms with Crippen LogP contribution in [0.2, 0.25) is 0 Å². The van der Waals surface area contributed by atoms with Crippen LogP contribution in [0.4, 0.5) is 5.82 Å². The number of likely N-dealkylation sites (N-methyl/N-ethyl adjacent to an activating group) is 1. The van der Waals surface area contributed by atoms with E-state index in [0.717, 1.165) is 30.8 Å². The molecule has 0 bridgehead atoms. The van der Waals surface area contributed by atoms with Gasteiger partial charge in [-0.2, -0.15) is 5.10 Å². The molecule has 150 valence electrons. The van der Waals surface area contributed by atoms with Gasteiger partial charge in [0.2, 0.25) is 11.8 Å². The van der Waals surface area contributed by atoms with Crippen LogP contribution in [0.3, 0.4) is 0 Å². The first-order valence-corrected chi connectivity index (χ1v) is 9.71. The summed E-state index contributed by atoms with van der Waals surface area (Å²) in [4.78, 5) is 26.7. The minimum atomic E-state index is -0.236. The van der Waals surface area contributed by atoms with Gasteiger partial charge >= 0.3 is 0 Å². The first kappa shape index (κ1) is 20.1. The van der Waals surface area contributed by atoms with Crippen LogP contribution >= 0.6 is 0 Å². The Balaban J connectivity index is 1.80. The van der Waals surface area contributed by atoms with Crippen LogP contribution in [0.5, 0.6) is 0 Å². The predicted octanol–water partition coefficient (Wildman–Crippen LogP) is 2.32. The van der Waals surface area contributed by atoms with E-state index in [0.29, 0.717) is 5.82 Å². The Labute approximate surface area is 166 Å². The van der Waals surface area contributed by atoms with Crippen molar-refractivity contribution in [3.63, 3.8) is 0 Å². The molecule has 1 fully saturated rings. The van der Waals surface area contributed by atoms with Crippen LogP contribution in [0.1, 0.15) is 39.3 Å². The topological polar surface area (TPSA) is 79.3 Å². The molecule has 28 heavy (non-hydrogen) atoms. The van der Waals surface area contributed by atoms with Crippen molar-refractivity contribution >= 4 is 17.6 Å². The predicted molar refractivity (Wildman–Crippen MR) is 110 cm³/mol. The molecule has 1 unspecified atom stereocenters.